The second-order valence-corrected chi connectivity index (χ2v) is 8.26. The zero-order valence-electron chi connectivity index (χ0n) is 18.8. The van der Waals surface area contributed by atoms with E-state index in [-0.39, 0.29) is 12.7 Å². The SMILES string of the molecule is O=C(Nc1cc(N2CCN(c3ccccc3)CC2)ncn1)c1cc(-c2ccc3c(c2)OCO3)n[nH]1. The molecule has 4 aromatic rings. The Morgan fingerprint density at radius 2 is 1.69 bits per heavy atom. The molecule has 2 aromatic heterocycles. The molecule has 6 rings (SSSR count). The first-order valence-corrected chi connectivity index (χ1v) is 11.4. The number of benzene rings is 2. The molecule has 2 N–H and O–H groups in total. The van der Waals surface area contributed by atoms with Crippen LogP contribution < -0.4 is 24.6 Å². The zero-order chi connectivity index (χ0) is 23.6. The molecule has 0 bridgehead atoms. The van der Waals surface area contributed by atoms with E-state index in [1.165, 1.54) is 12.0 Å². The van der Waals surface area contributed by atoms with Crippen LogP contribution in [0.1, 0.15) is 10.5 Å². The van der Waals surface area contributed by atoms with E-state index in [2.05, 4.69) is 59.5 Å². The molecule has 0 unspecified atom stereocenters. The summed E-state index contributed by atoms with van der Waals surface area (Å²) in [5.74, 6) is 2.25. The van der Waals surface area contributed by atoms with Crippen LogP contribution in [0.4, 0.5) is 17.3 Å². The first kappa shape index (κ1) is 21.0. The van der Waals surface area contributed by atoms with Crippen molar-refractivity contribution < 1.29 is 14.3 Å². The third kappa shape index (κ3) is 4.33. The number of amides is 1. The van der Waals surface area contributed by atoms with Crippen LogP contribution in [0.5, 0.6) is 11.5 Å². The van der Waals surface area contributed by atoms with Crippen LogP contribution in [0.15, 0.2) is 67.0 Å². The van der Waals surface area contributed by atoms with Crippen molar-refractivity contribution in [2.45, 2.75) is 0 Å². The Bertz CT molecular complexity index is 1350. The second kappa shape index (κ2) is 8.98. The minimum absolute atomic E-state index is 0.205. The van der Waals surface area contributed by atoms with Gasteiger partial charge in [0.25, 0.3) is 5.91 Å². The Morgan fingerprint density at radius 1 is 0.886 bits per heavy atom. The summed E-state index contributed by atoms with van der Waals surface area (Å²) >= 11 is 0. The van der Waals surface area contributed by atoms with E-state index in [1.807, 2.05) is 24.3 Å². The van der Waals surface area contributed by atoms with Gasteiger partial charge in [-0.2, -0.15) is 5.10 Å². The van der Waals surface area contributed by atoms with E-state index in [1.54, 1.807) is 12.1 Å². The van der Waals surface area contributed by atoms with Gasteiger partial charge in [0.05, 0.1) is 5.69 Å². The highest BCUT2D eigenvalue weighted by molar-refractivity contribution is 6.03. The standard InChI is InChI=1S/C25H23N7O3/c33-25(20-13-19(29-30-20)17-6-7-21-22(12-17)35-16-34-21)28-23-14-24(27-15-26-23)32-10-8-31(9-11-32)18-4-2-1-3-5-18/h1-7,12-15H,8-11,16H2,(H,29,30)(H,26,27,28,33). The number of rotatable bonds is 5. The third-order valence-electron chi connectivity index (χ3n) is 6.11. The molecule has 2 aromatic carbocycles. The summed E-state index contributed by atoms with van der Waals surface area (Å²) in [5, 5.41) is 9.90. The number of aromatic nitrogens is 4. The van der Waals surface area contributed by atoms with E-state index in [0.29, 0.717) is 28.7 Å². The van der Waals surface area contributed by atoms with E-state index >= 15 is 0 Å². The molecule has 4 heterocycles. The molecule has 0 spiro atoms. The quantitative estimate of drug-likeness (QED) is 0.459. The van der Waals surface area contributed by atoms with Gasteiger partial charge in [-0.1, -0.05) is 18.2 Å². The molecular formula is C25H23N7O3. The van der Waals surface area contributed by atoms with Crippen molar-refractivity contribution in [1.29, 1.82) is 0 Å². The zero-order valence-corrected chi connectivity index (χ0v) is 18.8. The van der Waals surface area contributed by atoms with Gasteiger partial charge in [-0.15, -0.1) is 0 Å². The number of anilines is 3. The van der Waals surface area contributed by atoms with Crippen LogP contribution in [0.3, 0.4) is 0 Å². The smallest absolute Gasteiger partial charge is 0.274 e. The minimum Gasteiger partial charge on any atom is -0.454 e. The van der Waals surface area contributed by atoms with Crippen molar-refractivity contribution in [3.8, 4) is 22.8 Å². The maximum atomic E-state index is 12.8. The molecule has 176 valence electrons. The fourth-order valence-corrected chi connectivity index (χ4v) is 4.25. The number of fused-ring (bicyclic) bond motifs is 1. The minimum atomic E-state index is -0.331. The monoisotopic (exact) mass is 469 g/mol. The van der Waals surface area contributed by atoms with Crippen LogP contribution >= 0.6 is 0 Å². The lowest BCUT2D eigenvalue weighted by Crippen LogP contribution is -2.46. The first-order valence-electron chi connectivity index (χ1n) is 11.4. The number of H-pyrrole nitrogens is 1. The Morgan fingerprint density at radius 3 is 2.54 bits per heavy atom. The number of nitrogens with zero attached hydrogens (tertiary/aromatic N) is 5. The number of carbonyl (C=O) groups excluding carboxylic acids is 1. The molecule has 2 aliphatic rings. The van der Waals surface area contributed by atoms with Crippen molar-refractivity contribution in [3.05, 3.63) is 72.7 Å². The maximum Gasteiger partial charge on any atom is 0.274 e. The van der Waals surface area contributed by atoms with E-state index < -0.39 is 0 Å². The molecule has 0 radical (unpaired) electrons. The van der Waals surface area contributed by atoms with Gasteiger partial charge >= 0.3 is 0 Å². The van der Waals surface area contributed by atoms with Gasteiger partial charge in [0.15, 0.2) is 11.5 Å². The predicted molar refractivity (Wildman–Crippen MR) is 131 cm³/mol. The molecule has 10 heteroatoms. The summed E-state index contributed by atoms with van der Waals surface area (Å²) in [6, 6.07) is 19.4. The van der Waals surface area contributed by atoms with Crippen LogP contribution in [-0.2, 0) is 0 Å². The first-order chi connectivity index (χ1) is 17.2. The number of ether oxygens (including phenoxy) is 2. The van der Waals surface area contributed by atoms with E-state index in [0.717, 1.165) is 37.6 Å². The number of hydrogen-bond donors (Lipinski definition) is 2. The summed E-state index contributed by atoms with van der Waals surface area (Å²) in [7, 11) is 0. The van der Waals surface area contributed by atoms with E-state index in [9.17, 15) is 4.79 Å². The lowest BCUT2D eigenvalue weighted by Gasteiger charge is -2.36. The molecule has 1 amide bonds. The van der Waals surface area contributed by atoms with Gasteiger partial charge in [-0.05, 0) is 36.4 Å². The molecule has 2 aliphatic heterocycles. The number of hydrogen-bond acceptors (Lipinski definition) is 8. The predicted octanol–water partition coefficient (Wildman–Crippen LogP) is 3.17. The van der Waals surface area contributed by atoms with E-state index in [4.69, 9.17) is 9.47 Å². The Kier molecular flexibility index (Phi) is 5.38. The largest absolute Gasteiger partial charge is 0.454 e. The van der Waals surface area contributed by atoms with Gasteiger partial charge < -0.3 is 24.6 Å². The molecule has 10 nitrogen and oxygen atoms in total. The summed E-state index contributed by atoms with van der Waals surface area (Å²) in [6.45, 7) is 3.66. The van der Waals surface area contributed by atoms with Gasteiger partial charge in [0.1, 0.15) is 23.7 Å². The number of para-hydroxylation sites is 1. The van der Waals surface area contributed by atoms with Gasteiger partial charge in [0, 0.05) is 43.5 Å². The summed E-state index contributed by atoms with van der Waals surface area (Å²) in [4.78, 5) is 26.0. The molecule has 1 fully saturated rings. The van der Waals surface area contributed by atoms with Gasteiger partial charge in [-0.25, -0.2) is 9.97 Å². The van der Waals surface area contributed by atoms with Crippen LogP contribution in [-0.4, -0.2) is 59.0 Å². The van der Waals surface area contributed by atoms with Crippen LogP contribution in [0, 0.1) is 0 Å². The van der Waals surface area contributed by atoms with Crippen molar-refractivity contribution in [2.24, 2.45) is 0 Å². The molecule has 0 saturated carbocycles. The van der Waals surface area contributed by atoms with Gasteiger partial charge in [-0.3, -0.25) is 9.89 Å². The third-order valence-corrected chi connectivity index (χ3v) is 6.11. The molecule has 0 atom stereocenters. The number of carbonyl (C=O) groups is 1. The second-order valence-electron chi connectivity index (χ2n) is 8.26. The fourth-order valence-electron chi connectivity index (χ4n) is 4.25. The Hall–Kier alpha value is -4.60. The Labute approximate surface area is 201 Å². The summed E-state index contributed by atoms with van der Waals surface area (Å²) in [6.07, 6.45) is 1.47. The topological polar surface area (TPSA) is 108 Å². The number of piperazine rings is 1. The Balaban J connectivity index is 1.11. The summed E-state index contributed by atoms with van der Waals surface area (Å²) < 4.78 is 10.8. The van der Waals surface area contributed by atoms with Crippen molar-refractivity contribution in [1.82, 2.24) is 20.2 Å². The molecule has 35 heavy (non-hydrogen) atoms. The van der Waals surface area contributed by atoms with Crippen LogP contribution in [0.2, 0.25) is 0 Å². The highest BCUT2D eigenvalue weighted by Gasteiger charge is 2.20. The highest BCUT2D eigenvalue weighted by Crippen LogP contribution is 2.35. The molecule has 0 aliphatic carbocycles. The van der Waals surface area contributed by atoms with Gasteiger partial charge in [0.2, 0.25) is 6.79 Å². The molecule has 1 saturated heterocycles. The normalized spacial score (nSPS) is 14.7. The molecular weight excluding hydrogens is 446 g/mol. The number of aromatic amines is 1. The fraction of sp³-hybridized carbons (Fsp3) is 0.200. The average Bonchev–Trinajstić information content (AvgIpc) is 3.59. The lowest BCUT2D eigenvalue weighted by molar-refractivity contribution is 0.102. The highest BCUT2D eigenvalue weighted by atomic mass is 16.7. The lowest BCUT2D eigenvalue weighted by atomic mass is 10.1. The van der Waals surface area contributed by atoms with Crippen molar-refractivity contribution in [2.75, 3.05) is 48.1 Å². The van der Waals surface area contributed by atoms with Crippen molar-refractivity contribution in [3.63, 3.8) is 0 Å². The number of nitrogens with one attached hydrogen (secondary N) is 2. The van der Waals surface area contributed by atoms with Crippen LogP contribution in [0.25, 0.3) is 11.3 Å². The van der Waals surface area contributed by atoms with Crippen molar-refractivity contribution >= 4 is 23.2 Å². The average molecular weight is 470 g/mol. The summed E-state index contributed by atoms with van der Waals surface area (Å²) in [5.41, 5.74) is 3.01. The maximum absolute atomic E-state index is 12.8.